The number of benzene rings is 1. The molecule has 19 heavy (non-hydrogen) atoms. The van der Waals surface area contributed by atoms with Crippen LogP contribution in [0, 0.1) is 5.41 Å². The van der Waals surface area contributed by atoms with E-state index in [9.17, 15) is 0 Å². The summed E-state index contributed by atoms with van der Waals surface area (Å²) in [4.78, 5) is 6.50. The third-order valence-electron chi connectivity index (χ3n) is 3.27. The predicted molar refractivity (Wildman–Crippen MR) is 79.8 cm³/mol. The molecule has 0 aromatic heterocycles. The number of nitrogens with zero attached hydrogens (tertiary/aromatic N) is 2. The Morgan fingerprint density at radius 3 is 2.68 bits per heavy atom. The van der Waals surface area contributed by atoms with Crippen molar-refractivity contribution in [3.8, 4) is 5.75 Å². The van der Waals surface area contributed by atoms with Gasteiger partial charge in [0.05, 0.1) is 25.4 Å². The van der Waals surface area contributed by atoms with Gasteiger partial charge in [-0.25, -0.2) is 0 Å². The van der Waals surface area contributed by atoms with Crippen molar-refractivity contribution in [1.82, 2.24) is 0 Å². The zero-order chi connectivity index (χ0) is 14.0. The molecule has 1 aliphatic rings. The zero-order valence-electron chi connectivity index (χ0n) is 12.2. The molecule has 2 rings (SSSR count). The molecule has 0 saturated heterocycles. The van der Waals surface area contributed by atoms with E-state index in [0.29, 0.717) is 12.0 Å². The van der Waals surface area contributed by atoms with Gasteiger partial charge in [-0.15, -0.1) is 0 Å². The molecule has 4 nitrogen and oxygen atoms in total. The molecular formula is C15H23N3O. The highest BCUT2D eigenvalue weighted by Gasteiger charge is 2.32. The van der Waals surface area contributed by atoms with E-state index in [4.69, 9.17) is 10.5 Å². The minimum Gasteiger partial charge on any atom is -0.495 e. The lowest BCUT2D eigenvalue weighted by atomic mass is 9.87. The van der Waals surface area contributed by atoms with Gasteiger partial charge in [-0.05, 0) is 24.0 Å². The number of hydrogen-bond donors (Lipinski definition) is 1. The standard InChI is InChI=1S/C15H23N3O/c1-15(2,3)9-11-10-17-14(16)18(11)12-7-5-6-8-13(12)19-4/h5-8,11H,9-10H2,1-4H3,(H2,16,17). The Bertz CT molecular complexity index is 477. The van der Waals surface area contributed by atoms with Crippen LogP contribution < -0.4 is 15.4 Å². The van der Waals surface area contributed by atoms with Gasteiger partial charge < -0.3 is 15.4 Å². The highest BCUT2D eigenvalue weighted by atomic mass is 16.5. The van der Waals surface area contributed by atoms with Gasteiger partial charge in [-0.2, -0.15) is 0 Å². The number of nitrogens with two attached hydrogens (primary N) is 1. The smallest absolute Gasteiger partial charge is 0.196 e. The molecule has 0 spiro atoms. The van der Waals surface area contributed by atoms with E-state index >= 15 is 0 Å². The van der Waals surface area contributed by atoms with Crippen molar-refractivity contribution in [3.05, 3.63) is 24.3 Å². The normalized spacial score (nSPS) is 19.5. The van der Waals surface area contributed by atoms with E-state index < -0.39 is 0 Å². The van der Waals surface area contributed by atoms with Gasteiger partial charge >= 0.3 is 0 Å². The topological polar surface area (TPSA) is 50.9 Å². The Balaban J connectivity index is 2.31. The molecule has 1 heterocycles. The molecule has 0 radical (unpaired) electrons. The number of aliphatic imine (C=N–C) groups is 1. The van der Waals surface area contributed by atoms with Crippen LogP contribution in [-0.4, -0.2) is 25.7 Å². The van der Waals surface area contributed by atoms with E-state index in [-0.39, 0.29) is 5.41 Å². The number of guanidine groups is 1. The molecule has 0 bridgehead atoms. The summed E-state index contributed by atoms with van der Waals surface area (Å²) < 4.78 is 5.43. The first kappa shape index (κ1) is 13.7. The average molecular weight is 261 g/mol. The number of methoxy groups -OCH3 is 1. The molecule has 2 N–H and O–H groups in total. The van der Waals surface area contributed by atoms with Crippen LogP contribution in [0.1, 0.15) is 27.2 Å². The van der Waals surface area contributed by atoms with Crippen molar-refractivity contribution >= 4 is 11.6 Å². The van der Waals surface area contributed by atoms with Gasteiger partial charge in [-0.1, -0.05) is 32.9 Å². The van der Waals surface area contributed by atoms with Gasteiger partial charge in [0.25, 0.3) is 0 Å². The van der Waals surface area contributed by atoms with Gasteiger partial charge in [0, 0.05) is 0 Å². The van der Waals surface area contributed by atoms with Crippen LogP contribution in [0.25, 0.3) is 0 Å². The lowest BCUT2D eigenvalue weighted by Crippen LogP contribution is -2.42. The Hall–Kier alpha value is -1.71. The molecule has 0 amide bonds. The third-order valence-corrected chi connectivity index (χ3v) is 3.27. The van der Waals surface area contributed by atoms with Crippen LogP contribution >= 0.6 is 0 Å². The van der Waals surface area contributed by atoms with Gasteiger partial charge in [0.1, 0.15) is 5.75 Å². The molecule has 1 aromatic rings. The Morgan fingerprint density at radius 1 is 1.37 bits per heavy atom. The van der Waals surface area contributed by atoms with Gasteiger partial charge in [0.15, 0.2) is 5.96 Å². The monoisotopic (exact) mass is 261 g/mol. The summed E-state index contributed by atoms with van der Waals surface area (Å²) in [5, 5.41) is 0. The van der Waals surface area contributed by atoms with Crippen LogP contribution in [0.15, 0.2) is 29.3 Å². The predicted octanol–water partition coefficient (Wildman–Crippen LogP) is 2.63. The lowest BCUT2D eigenvalue weighted by Gasteiger charge is -2.32. The molecule has 0 fully saturated rings. The molecule has 1 atom stereocenters. The summed E-state index contributed by atoms with van der Waals surface area (Å²) in [6.45, 7) is 7.47. The van der Waals surface area contributed by atoms with Crippen LogP contribution in [0.3, 0.4) is 0 Å². The number of hydrogen-bond acceptors (Lipinski definition) is 4. The molecule has 1 aromatic carbocycles. The van der Waals surface area contributed by atoms with E-state index in [1.165, 1.54) is 0 Å². The van der Waals surface area contributed by atoms with Crippen LogP contribution in [0.5, 0.6) is 5.75 Å². The van der Waals surface area contributed by atoms with E-state index in [0.717, 1.165) is 24.4 Å². The van der Waals surface area contributed by atoms with Crippen LogP contribution in [0.4, 0.5) is 5.69 Å². The fraction of sp³-hybridized carbons (Fsp3) is 0.533. The Morgan fingerprint density at radius 2 is 2.05 bits per heavy atom. The Kier molecular flexibility index (Phi) is 3.69. The first-order chi connectivity index (χ1) is 8.92. The maximum Gasteiger partial charge on any atom is 0.196 e. The molecule has 104 valence electrons. The van der Waals surface area contributed by atoms with E-state index in [1.54, 1.807) is 7.11 Å². The number of anilines is 1. The third kappa shape index (κ3) is 3.00. The van der Waals surface area contributed by atoms with Crippen molar-refractivity contribution in [3.63, 3.8) is 0 Å². The second kappa shape index (κ2) is 5.11. The molecule has 1 unspecified atom stereocenters. The molecule has 1 aliphatic heterocycles. The first-order valence-electron chi connectivity index (χ1n) is 6.64. The molecule has 0 saturated carbocycles. The van der Waals surface area contributed by atoms with Gasteiger partial charge in [0.2, 0.25) is 0 Å². The first-order valence-corrected chi connectivity index (χ1v) is 6.64. The fourth-order valence-corrected chi connectivity index (χ4v) is 2.56. The van der Waals surface area contributed by atoms with Crippen molar-refractivity contribution in [2.75, 3.05) is 18.6 Å². The van der Waals surface area contributed by atoms with Crippen LogP contribution in [0.2, 0.25) is 0 Å². The minimum atomic E-state index is 0.241. The minimum absolute atomic E-state index is 0.241. The Labute approximate surface area is 115 Å². The summed E-state index contributed by atoms with van der Waals surface area (Å²) in [5.41, 5.74) is 7.30. The van der Waals surface area contributed by atoms with E-state index in [2.05, 4.69) is 30.7 Å². The molecule has 4 heteroatoms. The van der Waals surface area contributed by atoms with Crippen molar-refractivity contribution < 1.29 is 4.74 Å². The number of para-hydroxylation sites is 2. The summed E-state index contributed by atoms with van der Waals surface area (Å²) in [5.74, 6) is 1.42. The lowest BCUT2D eigenvalue weighted by molar-refractivity contribution is 0.345. The highest BCUT2D eigenvalue weighted by molar-refractivity contribution is 5.98. The number of ether oxygens (including phenoxy) is 1. The second-order valence-electron chi connectivity index (χ2n) is 6.16. The maximum atomic E-state index is 6.06. The molecule has 0 aliphatic carbocycles. The quantitative estimate of drug-likeness (QED) is 0.910. The van der Waals surface area contributed by atoms with Crippen LogP contribution in [-0.2, 0) is 0 Å². The highest BCUT2D eigenvalue weighted by Crippen LogP contribution is 2.34. The van der Waals surface area contributed by atoms with E-state index in [1.807, 2.05) is 24.3 Å². The fourth-order valence-electron chi connectivity index (χ4n) is 2.56. The second-order valence-corrected chi connectivity index (χ2v) is 6.16. The number of rotatable bonds is 3. The summed E-state index contributed by atoms with van der Waals surface area (Å²) >= 11 is 0. The SMILES string of the molecule is COc1ccccc1N1C(N)=NCC1CC(C)(C)C. The zero-order valence-corrected chi connectivity index (χ0v) is 12.2. The maximum absolute atomic E-state index is 6.06. The largest absolute Gasteiger partial charge is 0.495 e. The average Bonchev–Trinajstić information content (AvgIpc) is 2.68. The van der Waals surface area contributed by atoms with Crippen molar-refractivity contribution in [1.29, 1.82) is 0 Å². The summed E-state index contributed by atoms with van der Waals surface area (Å²) in [7, 11) is 1.68. The van der Waals surface area contributed by atoms with Crippen molar-refractivity contribution in [2.45, 2.75) is 33.2 Å². The summed E-state index contributed by atoms with van der Waals surface area (Å²) in [6, 6.07) is 8.25. The van der Waals surface area contributed by atoms with Gasteiger partial charge in [-0.3, -0.25) is 4.99 Å². The van der Waals surface area contributed by atoms with Crippen molar-refractivity contribution in [2.24, 2.45) is 16.1 Å². The molecular weight excluding hydrogens is 238 g/mol. The summed E-state index contributed by atoms with van der Waals surface area (Å²) in [6.07, 6.45) is 1.04.